The van der Waals surface area contributed by atoms with Gasteiger partial charge in [-0.15, -0.1) is 0 Å². The molecule has 0 aromatic heterocycles. The first-order valence-electron chi connectivity index (χ1n) is 28.1. The number of carbonyl (C=O) groups is 1. The number of hydrogen-bond donors (Lipinski definition) is 7. The molecule has 0 bridgehead atoms. The Balaban J connectivity index is 1.67. The molecule has 14 nitrogen and oxygen atoms in total. The molecule has 0 amide bonds. The lowest BCUT2D eigenvalue weighted by molar-refractivity contribution is -0.332. The van der Waals surface area contributed by atoms with E-state index in [1.807, 2.05) is 0 Å². The monoisotopic (exact) mass is 977 g/mol. The van der Waals surface area contributed by atoms with E-state index >= 15 is 0 Å². The molecule has 14 heteroatoms. The second kappa shape index (κ2) is 42.5. The van der Waals surface area contributed by atoms with Crippen LogP contribution >= 0.6 is 0 Å². The van der Waals surface area contributed by atoms with Crippen LogP contribution in [0.15, 0.2) is 0 Å². The highest BCUT2D eigenvalue weighted by Gasteiger charge is 2.47. The first-order valence-corrected chi connectivity index (χ1v) is 28.1. The van der Waals surface area contributed by atoms with Crippen LogP contribution in [0.2, 0.25) is 0 Å². The maximum Gasteiger partial charge on any atom is 0.306 e. The molecule has 11 atom stereocenters. The summed E-state index contributed by atoms with van der Waals surface area (Å²) in [6, 6.07) is 0. The number of esters is 1. The molecule has 404 valence electrons. The fourth-order valence-corrected chi connectivity index (χ4v) is 9.29. The lowest BCUT2D eigenvalue weighted by Crippen LogP contribution is -2.61. The van der Waals surface area contributed by atoms with Gasteiger partial charge >= 0.3 is 5.97 Å². The highest BCUT2D eigenvalue weighted by atomic mass is 16.7. The molecule has 2 heterocycles. The van der Waals surface area contributed by atoms with E-state index in [1.54, 1.807) is 0 Å². The van der Waals surface area contributed by atoms with Gasteiger partial charge < -0.3 is 64.2 Å². The van der Waals surface area contributed by atoms with Crippen molar-refractivity contribution < 1.29 is 69.0 Å². The van der Waals surface area contributed by atoms with Crippen molar-refractivity contribution in [1.29, 1.82) is 0 Å². The highest BCUT2D eigenvalue weighted by Crippen LogP contribution is 2.27. The first kappa shape index (κ1) is 63.1. The minimum absolute atomic E-state index is 0.0704. The van der Waals surface area contributed by atoms with Crippen molar-refractivity contribution in [3.8, 4) is 0 Å². The minimum atomic E-state index is -1.70. The average Bonchev–Trinajstić information content (AvgIpc) is 3.33. The van der Waals surface area contributed by atoms with Gasteiger partial charge in [-0.2, -0.15) is 0 Å². The van der Waals surface area contributed by atoms with E-state index in [2.05, 4.69) is 13.8 Å². The van der Waals surface area contributed by atoms with Gasteiger partial charge in [0.2, 0.25) is 0 Å². The third-order valence-electron chi connectivity index (χ3n) is 13.9. The lowest BCUT2D eigenvalue weighted by Gasteiger charge is -2.42. The van der Waals surface area contributed by atoms with E-state index in [0.717, 1.165) is 38.5 Å². The molecule has 11 unspecified atom stereocenters. The molecule has 0 radical (unpaired) electrons. The van der Waals surface area contributed by atoms with Gasteiger partial charge in [-0.25, -0.2) is 0 Å². The van der Waals surface area contributed by atoms with Gasteiger partial charge in [0.25, 0.3) is 0 Å². The Bertz CT molecular complexity index is 1130. The van der Waals surface area contributed by atoms with Crippen molar-refractivity contribution in [2.45, 2.75) is 306 Å². The molecule has 0 aromatic rings. The SMILES string of the molecule is CCCCCCCCCCCCCCCCCCCCCCCCCOCC(COC1OC(COC2OC(CO)C(O)C(O)C2O)C(O)C(O)C1O)OC(=O)CCCCCCCCCCCCC. The molecule has 0 aliphatic carbocycles. The molecular formula is C54H104O14. The van der Waals surface area contributed by atoms with Crippen LogP contribution in [0.4, 0.5) is 0 Å². The topological polar surface area (TPSA) is 214 Å². The molecule has 2 fully saturated rings. The summed E-state index contributed by atoms with van der Waals surface area (Å²) in [6.45, 7) is 3.73. The van der Waals surface area contributed by atoms with E-state index in [4.69, 9.17) is 28.4 Å². The molecule has 7 N–H and O–H groups in total. The van der Waals surface area contributed by atoms with Crippen LogP contribution in [0, 0.1) is 0 Å². The van der Waals surface area contributed by atoms with Crippen LogP contribution in [0.1, 0.15) is 239 Å². The average molecular weight is 977 g/mol. The van der Waals surface area contributed by atoms with E-state index in [1.165, 1.54) is 173 Å². The number of aliphatic hydroxyl groups is 7. The van der Waals surface area contributed by atoms with Crippen molar-refractivity contribution in [3.63, 3.8) is 0 Å². The Labute approximate surface area is 412 Å². The summed E-state index contributed by atoms with van der Waals surface area (Å²) in [5.74, 6) is -0.371. The van der Waals surface area contributed by atoms with E-state index in [0.29, 0.717) is 13.0 Å². The normalized spacial score (nSPS) is 25.8. The van der Waals surface area contributed by atoms with Crippen molar-refractivity contribution in [3.05, 3.63) is 0 Å². The van der Waals surface area contributed by atoms with Gasteiger partial charge in [-0.1, -0.05) is 219 Å². The van der Waals surface area contributed by atoms with Crippen molar-refractivity contribution in [1.82, 2.24) is 0 Å². The van der Waals surface area contributed by atoms with Gasteiger partial charge in [-0.3, -0.25) is 4.79 Å². The van der Waals surface area contributed by atoms with Crippen LogP contribution < -0.4 is 0 Å². The van der Waals surface area contributed by atoms with Gasteiger partial charge in [0.1, 0.15) is 54.9 Å². The zero-order chi connectivity index (χ0) is 49.5. The molecule has 2 aliphatic heterocycles. The Morgan fingerprint density at radius 3 is 1.19 bits per heavy atom. The van der Waals surface area contributed by atoms with Crippen LogP contribution in [-0.4, -0.2) is 142 Å². The maximum absolute atomic E-state index is 13.0. The standard InChI is InChI=1S/C54H104O14/c1-3-5-7-9-11-13-15-16-17-18-19-20-21-22-23-24-25-26-28-30-32-34-36-38-63-40-43(66-46(56)37-35-33-31-29-27-14-12-10-8-6-4-2)41-64-53-52(62)50(60)48(58)45(68-53)42-65-54-51(61)49(59)47(57)44(39-55)67-54/h43-45,47-55,57-62H,3-42H2,1-2H3. The molecule has 0 spiro atoms. The Hall–Kier alpha value is -1.01. The number of rotatable bonds is 46. The summed E-state index contributed by atoms with van der Waals surface area (Å²) >= 11 is 0. The maximum atomic E-state index is 13.0. The second-order valence-corrected chi connectivity index (χ2v) is 20.1. The van der Waals surface area contributed by atoms with E-state index < -0.39 is 80.7 Å². The van der Waals surface area contributed by atoms with Crippen molar-refractivity contribution >= 4 is 5.97 Å². The fourth-order valence-electron chi connectivity index (χ4n) is 9.29. The third-order valence-corrected chi connectivity index (χ3v) is 13.9. The Morgan fingerprint density at radius 2 is 0.779 bits per heavy atom. The van der Waals surface area contributed by atoms with Crippen LogP contribution in [0.5, 0.6) is 0 Å². The zero-order valence-electron chi connectivity index (χ0n) is 43.1. The molecule has 0 aromatic carbocycles. The first-order chi connectivity index (χ1) is 33.1. The summed E-state index contributed by atoms with van der Waals surface area (Å²) in [5.41, 5.74) is 0. The van der Waals surface area contributed by atoms with E-state index in [9.17, 15) is 40.5 Å². The van der Waals surface area contributed by atoms with Crippen molar-refractivity contribution in [2.75, 3.05) is 33.0 Å². The molecule has 2 aliphatic rings. The number of unbranched alkanes of at least 4 members (excludes halogenated alkanes) is 32. The molecule has 2 rings (SSSR count). The highest BCUT2D eigenvalue weighted by molar-refractivity contribution is 5.69. The Kier molecular flexibility index (Phi) is 39.4. The molecule has 0 saturated carbocycles. The van der Waals surface area contributed by atoms with Crippen LogP contribution in [0.25, 0.3) is 0 Å². The van der Waals surface area contributed by atoms with E-state index in [-0.39, 0.29) is 25.6 Å². The summed E-state index contributed by atoms with van der Waals surface area (Å²) < 4.78 is 34.3. The second-order valence-electron chi connectivity index (χ2n) is 20.1. The third kappa shape index (κ3) is 29.5. The van der Waals surface area contributed by atoms with Crippen molar-refractivity contribution in [2.24, 2.45) is 0 Å². The lowest BCUT2D eigenvalue weighted by atomic mass is 9.98. The summed E-state index contributed by atoms with van der Waals surface area (Å²) in [6.07, 6.45) is 27.5. The number of carbonyl (C=O) groups excluding carboxylic acids is 1. The van der Waals surface area contributed by atoms with Gasteiger partial charge in [0, 0.05) is 13.0 Å². The van der Waals surface area contributed by atoms with Crippen LogP contribution in [-0.2, 0) is 33.2 Å². The summed E-state index contributed by atoms with van der Waals surface area (Å²) in [7, 11) is 0. The van der Waals surface area contributed by atoms with Gasteiger partial charge in [-0.05, 0) is 12.8 Å². The molecule has 68 heavy (non-hydrogen) atoms. The predicted octanol–water partition coefficient (Wildman–Crippen LogP) is 9.25. The summed E-state index contributed by atoms with van der Waals surface area (Å²) in [4.78, 5) is 13.0. The van der Waals surface area contributed by atoms with Gasteiger partial charge in [0.05, 0.1) is 26.4 Å². The Morgan fingerprint density at radius 1 is 0.426 bits per heavy atom. The minimum Gasteiger partial charge on any atom is -0.457 e. The summed E-state index contributed by atoms with van der Waals surface area (Å²) in [5, 5.41) is 72.2. The number of hydrogen-bond acceptors (Lipinski definition) is 14. The molecule has 2 saturated heterocycles. The van der Waals surface area contributed by atoms with Gasteiger partial charge in [0.15, 0.2) is 12.6 Å². The number of ether oxygens (including phenoxy) is 6. The zero-order valence-corrected chi connectivity index (χ0v) is 43.1. The fraction of sp³-hybridized carbons (Fsp3) is 0.981. The van der Waals surface area contributed by atoms with Crippen LogP contribution in [0.3, 0.4) is 0 Å². The number of aliphatic hydroxyl groups excluding tert-OH is 7. The quantitative estimate of drug-likeness (QED) is 0.0224. The molecular weight excluding hydrogens is 873 g/mol. The predicted molar refractivity (Wildman–Crippen MR) is 266 cm³/mol. The largest absolute Gasteiger partial charge is 0.457 e. The smallest absolute Gasteiger partial charge is 0.306 e.